The second-order valence-corrected chi connectivity index (χ2v) is 6.31. The molecule has 5 nitrogen and oxygen atoms in total. The molecule has 0 saturated heterocycles. The number of anilines is 1. The van der Waals surface area contributed by atoms with Crippen LogP contribution in [0.2, 0.25) is 0 Å². The Balaban J connectivity index is 2.07. The maximum Gasteiger partial charge on any atom is 0.393 e. The Labute approximate surface area is 166 Å². The van der Waals surface area contributed by atoms with Crippen molar-refractivity contribution in [3.05, 3.63) is 72.5 Å². The van der Waals surface area contributed by atoms with Gasteiger partial charge in [0.1, 0.15) is 5.82 Å². The number of halogens is 3. The zero-order chi connectivity index (χ0) is 20.9. The van der Waals surface area contributed by atoms with Crippen LogP contribution >= 0.6 is 0 Å². The second kappa shape index (κ2) is 8.72. The van der Waals surface area contributed by atoms with Crippen LogP contribution in [-0.4, -0.2) is 40.6 Å². The van der Waals surface area contributed by atoms with Gasteiger partial charge in [0.05, 0.1) is 18.3 Å². The van der Waals surface area contributed by atoms with Gasteiger partial charge in [0.15, 0.2) is 5.65 Å². The van der Waals surface area contributed by atoms with Crippen molar-refractivity contribution in [2.24, 2.45) is 4.99 Å². The molecule has 0 fully saturated rings. The fourth-order valence-corrected chi connectivity index (χ4v) is 2.89. The molecule has 0 saturated carbocycles. The lowest BCUT2D eigenvalue weighted by Gasteiger charge is -2.12. The second-order valence-electron chi connectivity index (χ2n) is 6.31. The first-order valence-corrected chi connectivity index (χ1v) is 8.88. The van der Waals surface area contributed by atoms with Gasteiger partial charge < -0.3 is 5.32 Å². The zero-order valence-electron chi connectivity index (χ0n) is 15.8. The summed E-state index contributed by atoms with van der Waals surface area (Å²) in [6.45, 7) is 4.07. The number of hydrogen-bond donors (Lipinski definition) is 1. The molecule has 0 atom stereocenters. The molecule has 2 heterocycles. The quantitative estimate of drug-likeness (QED) is 0.462. The minimum Gasteiger partial charge on any atom is -0.366 e. The van der Waals surface area contributed by atoms with Crippen LogP contribution in [0.25, 0.3) is 16.9 Å². The van der Waals surface area contributed by atoms with Crippen LogP contribution in [0.15, 0.2) is 71.9 Å². The largest absolute Gasteiger partial charge is 0.393 e. The van der Waals surface area contributed by atoms with E-state index in [1.54, 1.807) is 31.5 Å². The highest BCUT2D eigenvalue weighted by Crippen LogP contribution is 2.27. The predicted molar refractivity (Wildman–Crippen MR) is 109 cm³/mol. The first-order chi connectivity index (χ1) is 13.9. The van der Waals surface area contributed by atoms with E-state index >= 15 is 0 Å². The summed E-state index contributed by atoms with van der Waals surface area (Å²) >= 11 is 0. The van der Waals surface area contributed by atoms with Gasteiger partial charge in [0.2, 0.25) is 0 Å². The monoisotopic (exact) mass is 399 g/mol. The van der Waals surface area contributed by atoms with Crippen molar-refractivity contribution in [3.63, 3.8) is 0 Å². The molecule has 0 radical (unpaired) electrons. The van der Waals surface area contributed by atoms with E-state index in [0.717, 1.165) is 11.1 Å². The van der Waals surface area contributed by atoms with Crippen LogP contribution < -0.4 is 5.32 Å². The molecule has 0 aliphatic heterocycles. The van der Waals surface area contributed by atoms with Gasteiger partial charge in [-0.25, -0.2) is 4.98 Å². The molecular formula is C21H20F3N5. The smallest absolute Gasteiger partial charge is 0.366 e. The predicted octanol–water partition coefficient (Wildman–Crippen LogP) is 4.73. The summed E-state index contributed by atoms with van der Waals surface area (Å²) in [5.74, 6) is 0.529. The van der Waals surface area contributed by atoms with Crippen LogP contribution in [0.3, 0.4) is 0 Å². The van der Waals surface area contributed by atoms with Crippen LogP contribution in [-0.2, 0) is 6.42 Å². The van der Waals surface area contributed by atoms with E-state index in [9.17, 15) is 13.2 Å². The number of aliphatic imine (C=N–C) groups is 1. The van der Waals surface area contributed by atoms with E-state index in [-0.39, 0.29) is 11.2 Å². The van der Waals surface area contributed by atoms with E-state index in [2.05, 4.69) is 27.0 Å². The molecule has 29 heavy (non-hydrogen) atoms. The molecule has 0 bridgehead atoms. The third kappa shape index (κ3) is 5.10. The Morgan fingerprint density at radius 1 is 1.28 bits per heavy atom. The van der Waals surface area contributed by atoms with Gasteiger partial charge in [0, 0.05) is 37.0 Å². The molecule has 0 unspecified atom stereocenters. The Hall–Kier alpha value is -3.42. The third-order valence-electron chi connectivity index (χ3n) is 4.11. The molecule has 150 valence electrons. The first kappa shape index (κ1) is 20.3. The summed E-state index contributed by atoms with van der Waals surface area (Å²) in [4.78, 5) is 8.45. The average molecular weight is 399 g/mol. The summed E-state index contributed by atoms with van der Waals surface area (Å²) in [6.07, 6.45) is 0.900. The molecule has 0 amide bonds. The number of rotatable bonds is 7. The van der Waals surface area contributed by atoms with Crippen molar-refractivity contribution in [2.75, 3.05) is 18.9 Å². The summed E-state index contributed by atoms with van der Waals surface area (Å²) in [5.41, 5.74) is 2.41. The number of alkyl halides is 3. The molecule has 0 aliphatic carbocycles. The van der Waals surface area contributed by atoms with Gasteiger partial charge in [-0.3, -0.25) is 4.99 Å². The Bertz CT molecular complexity index is 1050. The van der Waals surface area contributed by atoms with Crippen molar-refractivity contribution in [1.82, 2.24) is 14.6 Å². The molecular weight excluding hydrogens is 379 g/mol. The molecule has 0 spiro atoms. The minimum atomic E-state index is -4.35. The molecule has 2 aromatic heterocycles. The van der Waals surface area contributed by atoms with E-state index < -0.39 is 12.6 Å². The number of allylic oxidation sites excluding steroid dienone is 2. The van der Waals surface area contributed by atoms with E-state index in [1.165, 1.54) is 10.7 Å². The highest BCUT2D eigenvalue weighted by molar-refractivity contribution is 5.80. The van der Waals surface area contributed by atoms with Crippen LogP contribution in [0.5, 0.6) is 0 Å². The first-order valence-electron chi connectivity index (χ1n) is 8.88. The van der Waals surface area contributed by atoms with Gasteiger partial charge in [0.25, 0.3) is 0 Å². The lowest BCUT2D eigenvalue weighted by molar-refractivity contribution is -0.127. The molecule has 0 aliphatic rings. The molecule has 1 aromatic carbocycles. The van der Waals surface area contributed by atoms with E-state index in [0.29, 0.717) is 18.1 Å². The van der Waals surface area contributed by atoms with Gasteiger partial charge >= 0.3 is 6.18 Å². The SMILES string of the molecule is C=C/C=C(\C=NC)CNc1cc(-c2ccccc2)nc2c(CC(F)(F)F)cnn12. The number of benzene rings is 1. The highest BCUT2D eigenvalue weighted by Gasteiger charge is 2.30. The van der Waals surface area contributed by atoms with Crippen molar-refractivity contribution in [3.8, 4) is 11.3 Å². The third-order valence-corrected chi connectivity index (χ3v) is 4.11. The molecule has 8 heteroatoms. The number of nitrogens with zero attached hydrogens (tertiary/aromatic N) is 4. The summed E-state index contributed by atoms with van der Waals surface area (Å²) in [7, 11) is 1.66. The molecule has 1 N–H and O–H groups in total. The number of fused-ring (bicyclic) bond motifs is 1. The van der Waals surface area contributed by atoms with Gasteiger partial charge in [-0.05, 0) is 5.57 Å². The number of nitrogens with one attached hydrogen (secondary N) is 1. The standard InChI is InChI=1S/C21H20F3N5/c1-3-7-15(12-25-2)13-26-19-10-18(16-8-5-4-6-9-16)28-20-17(11-21(22,23)24)14-27-29(19)20/h3-10,12,14,26H,1,11,13H2,2H3/b15-7+,25-12?. The minimum absolute atomic E-state index is 0.0234. The van der Waals surface area contributed by atoms with Gasteiger partial charge in [-0.1, -0.05) is 49.1 Å². The normalized spacial score (nSPS) is 12.6. The Kier molecular flexibility index (Phi) is 6.11. The fourth-order valence-electron chi connectivity index (χ4n) is 2.89. The summed E-state index contributed by atoms with van der Waals surface area (Å²) in [6, 6.07) is 11.0. The number of aromatic nitrogens is 3. The van der Waals surface area contributed by atoms with Crippen LogP contribution in [0.1, 0.15) is 5.56 Å². The average Bonchev–Trinajstić information content (AvgIpc) is 3.08. The Morgan fingerprint density at radius 3 is 2.69 bits per heavy atom. The van der Waals surface area contributed by atoms with Crippen molar-refractivity contribution in [1.29, 1.82) is 0 Å². The highest BCUT2D eigenvalue weighted by atomic mass is 19.4. The Morgan fingerprint density at radius 2 is 2.03 bits per heavy atom. The van der Waals surface area contributed by atoms with Crippen LogP contribution in [0.4, 0.5) is 19.0 Å². The molecule has 3 rings (SSSR count). The summed E-state index contributed by atoms with van der Waals surface area (Å²) in [5, 5.41) is 7.34. The summed E-state index contributed by atoms with van der Waals surface area (Å²) < 4.78 is 40.3. The van der Waals surface area contributed by atoms with Crippen LogP contribution in [0, 0.1) is 0 Å². The van der Waals surface area contributed by atoms with Crippen molar-refractivity contribution in [2.45, 2.75) is 12.6 Å². The molecule has 3 aromatic rings. The maximum atomic E-state index is 13.0. The van der Waals surface area contributed by atoms with Crippen molar-refractivity contribution < 1.29 is 13.2 Å². The maximum absolute atomic E-state index is 13.0. The lowest BCUT2D eigenvalue weighted by Crippen LogP contribution is -2.13. The van der Waals surface area contributed by atoms with Crippen molar-refractivity contribution >= 4 is 17.7 Å². The van der Waals surface area contributed by atoms with E-state index in [4.69, 9.17) is 0 Å². The number of hydrogen-bond acceptors (Lipinski definition) is 4. The lowest BCUT2D eigenvalue weighted by atomic mass is 10.1. The zero-order valence-corrected chi connectivity index (χ0v) is 15.8. The fraction of sp³-hybridized carbons (Fsp3) is 0.190. The topological polar surface area (TPSA) is 54.6 Å². The van der Waals surface area contributed by atoms with Gasteiger partial charge in [-0.15, -0.1) is 0 Å². The van der Waals surface area contributed by atoms with E-state index in [1.807, 2.05) is 30.3 Å². The van der Waals surface area contributed by atoms with Gasteiger partial charge in [-0.2, -0.15) is 22.8 Å².